The molecule has 106 valence electrons. The van der Waals surface area contributed by atoms with Gasteiger partial charge in [0, 0.05) is 6.42 Å². The fraction of sp³-hybridized carbons (Fsp3) is 0.474. The van der Waals surface area contributed by atoms with Crippen molar-refractivity contribution in [1.29, 1.82) is 0 Å². The minimum absolute atomic E-state index is 0.261. The number of hydrogen-bond donors (Lipinski definition) is 1. The van der Waals surface area contributed by atoms with E-state index in [1.807, 2.05) is 0 Å². The van der Waals surface area contributed by atoms with Crippen LogP contribution in [-0.2, 0) is 6.42 Å². The molecule has 0 spiro atoms. The largest absolute Gasteiger partial charge is 0.390 e. The van der Waals surface area contributed by atoms with Crippen molar-refractivity contribution in [3.05, 3.63) is 48.0 Å². The molecule has 20 heavy (non-hydrogen) atoms. The number of aliphatic hydroxyl groups is 1. The molecular weight excluding hydrogens is 244 g/mol. The van der Waals surface area contributed by atoms with Crippen LogP contribution in [0.3, 0.4) is 0 Å². The second-order valence-corrected chi connectivity index (χ2v) is 7.23. The van der Waals surface area contributed by atoms with Gasteiger partial charge < -0.3 is 5.11 Å². The lowest BCUT2D eigenvalue weighted by Gasteiger charge is -2.41. The maximum atomic E-state index is 11.0. The van der Waals surface area contributed by atoms with E-state index in [2.05, 4.69) is 56.3 Å². The third-order valence-electron chi connectivity index (χ3n) is 4.70. The van der Waals surface area contributed by atoms with E-state index in [4.69, 9.17) is 0 Å². The van der Waals surface area contributed by atoms with E-state index in [0.29, 0.717) is 0 Å². The minimum atomic E-state index is -0.536. The SMILES string of the molecule is CC1(C)CCCC(O)(Cc2cccc3ccccc23)C1. The minimum Gasteiger partial charge on any atom is -0.390 e. The Kier molecular flexibility index (Phi) is 3.33. The van der Waals surface area contributed by atoms with Crippen LogP contribution in [-0.4, -0.2) is 10.7 Å². The summed E-state index contributed by atoms with van der Waals surface area (Å²) in [5.41, 5.74) is 1.01. The molecule has 1 aliphatic carbocycles. The number of hydrogen-bond acceptors (Lipinski definition) is 1. The van der Waals surface area contributed by atoms with Crippen molar-refractivity contribution < 1.29 is 5.11 Å². The third kappa shape index (κ3) is 2.73. The Hall–Kier alpha value is -1.34. The second-order valence-electron chi connectivity index (χ2n) is 7.23. The molecule has 2 aromatic carbocycles. The molecule has 0 radical (unpaired) electrons. The monoisotopic (exact) mass is 268 g/mol. The Bertz CT molecular complexity index is 609. The fourth-order valence-electron chi connectivity index (χ4n) is 3.92. The van der Waals surface area contributed by atoms with Gasteiger partial charge in [-0.1, -0.05) is 62.7 Å². The molecule has 1 N–H and O–H groups in total. The van der Waals surface area contributed by atoms with Crippen molar-refractivity contribution >= 4 is 10.8 Å². The summed E-state index contributed by atoms with van der Waals surface area (Å²) in [5.74, 6) is 0. The number of rotatable bonds is 2. The lowest BCUT2D eigenvalue weighted by Crippen LogP contribution is -2.40. The normalized spacial score (nSPS) is 25.8. The molecule has 0 amide bonds. The molecule has 2 aromatic rings. The van der Waals surface area contributed by atoms with Crippen molar-refractivity contribution in [2.75, 3.05) is 0 Å². The summed E-state index contributed by atoms with van der Waals surface area (Å²) < 4.78 is 0. The average molecular weight is 268 g/mol. The fourth-order valence-corrected chi connectivity index (χ4v) is 3.92. The van der Waals surface area contributed by atoms with Crippen molar-refractivity contribution in [2.24, 2.45) is 5.41 Å². The average Bonchev–Trinajstić information content (AvgIpc) is 2.37. The molecule has 1 aliphatic rings. The summed E-state index contributed by atoms with van der Waals surface area (Å²) in [6.45, 7) is 4.56. The summed E-state index contributed by atoms with van der Waals surface area (Å²) >= 11 is 0. The zero-order valence-corrected chi connectivity index (χ0v) is 12.5. The van der Waals surface area contributed by atoms with Gasteiger partial charge in [-0.3, -0.25) is 0 Å². The molecule has 1 unspecified atom stereocenters. The quantitative estimate of drug-likeness (QED) is 0.836. The Morgan fingerprint density at radius 2 is 1.75 bits per heavy atom. The van der Waals surface area contributed by atoms with Gasteiger partial charge in [-0.2, -0.15) is 0 Å². The highest BCUT2D eigenvalue weighted by atomic mass is 16.3. The van der Waals surface area contributed by atoms with Crippen LogP contribution >= 0.6 is 0 Å². The molecule has 1 heteroatoms. The summed E-state index contributed by atoms with van der Waals surface area (Å²) in [6, 6.07) is 14.9. The van der Waals surface area contributed by atoms with Crippen molar-refractivity contribution in [1.82, 2.24) is 0 Å². The van der Waals surface area contributed by atoms with Gasteiger partial charge in [-0.05, 0) is 41.0 Å². The predicted molar refractivity (Wildman–Crippen MR) is 84.9 cm³/mol. The molecule has 0 heterocycles. The number of benzene rings is 2. The van der Waals surface area contributed by atoms with Crippen LogP contribution in [0.1, 0.15) is 45.1 Å². The zero-order chi connectivity index (χ0) is 14.2. The lowest BCUT2D eigenvalue weighted by atomic mass is 9.68. The highest BCUT2D eigenvalue weighted by molar-refractivity contribution is 5.85. The zero-order valence-electron chi connectivity index (χ0n) is 12.5. The van der Waals surface area contributed by atoms with Crippen LogP contribution in [0, 0.1) is 5.41 Å². The van der Waals surface area contributed by atoms with E-state index >= 15 is 0 Å². The van der Waals surface area contributed by atoms with Crippen LogP contribution in [0.25, 0.3) is 10.8 Å². The van der Waals surface area contributed by atoms with Crippen LogP contribution in [0.2, 0.25) is 0 Å². The van der Waals surface area contributed by atoms with Crippen molar-refractivity contribution in [3.63, 3.8) is 0 Å². The molecule has 1 fully saturated rings. The van der Waals surface area contributed by atoms with Gasteiger partial charge in [0.25, 0.3) is 0 Å². The van der Waals surface area contributed by atoms with Gasteiger partial charge in [-0.25, -0.2) is 0 Å². The van der Waals surface area contributed by atoms with Gasteiger partial charge in [0.15, 0.2) is 0 Å². The highest BCUT2D eigenvalue weighted by Gasteiger charge is 2.38. The van der Waals surface area contributed by atoms with Crippen LogP contribution in [0.15, 0.2) is 42.5 Å². The van der Waals surface area contributed by atoms with Crippen molar-refractivity contribution in [2.45, 2.75) is 51.6 Å². The van der Waals surface area contributed by atoms with Crippen LogP contribution in [0.5, 0.6) is 0 Å². The van der Waals surface area contributed by atoms with E-state index in [9.17, 15) is 5.11 Å². The van der Waals surface area contributed by atoms with Gasteiger partial charge in [0.1, 0.15) is 0 Å². The number of fused-ring (bicyclic) bond motifs is 1. The first-order valence-electron chi connectivity index (χ1n) is 7.67. The van der Waals surface area contributed by atoms with Crippen LogP contribution < -0.4 is 0 Å². The second kappa shape index (κ2) is 4.89. The summed E-state index contributed by atoms with van der Waals surface area (Å²) in [6.07, 6.45) is 4.97. The Morgan fingerprint density at radius 1 is 1.00 bits per heavy atom. The molecule has 0 aliphatic heterocycles. The maximum Gasteiger partial charge on any atom is 0.0693 e. The summed E-state index contributed by atoms with van der Waals surface area (Å²) in [4.78, 5) is 0. The van der Waals surface area contributed by atoms with E-state index in [1.54, 1.807) is 0 Å². The summed E-state index contributed by atoms with van der Waals surface area (Å²) in [5, 5.41) is 13.6. The predicted octanol–water partition coefficient (Wildman–Crippen LogP) is 4.71. The molecule has 3 rings (SSSR count). The van der Waals surface area contributed by atoms with Gasteiger partial charge in [-0.15, -0.1) is 0 Å². The lowest BCUT2D eigenvalue weighted by molar-refractivity contribution is -0.0379. The highest BCUT2D eigenvalue weighted by Crippen LogP contribution is 2.42. The molecule has 1 saturated carbocycles. The molecule has 0 aromatic heterocycles. The van der Waals surface area contributed by atoms with E-state index in [0.717, 1.165) is 25.7 Å². The molecular formula is C19H24O. The van der Waals surface area contributed by atoms with E-state index in [1.165, 1.54) is 22.8 Å². The molecule has 1 atom stereocenters. The van der Waals surface area contributed by atoms with Crippen LogP contribution in [0.4, 0.5) is 0 Å². The van der Waals surface area contributed by atoms with Gasteiger partial charge >= 0.3 is 0 Å². The Balaban J connectivity index is 1.93. The smallest absolute Gasteiger partial charge is 0.0693 e. The third-order valence-corrected chi connectivity index (χ3v) is 4.70. The van der Waals surface area contributed by atoms with Gasteiger partial charge in [0.2, 0.25) is 0 Å². The first-order valence-corrected chi connectivity index (χ1v) is 7.67. The standard InChI is InChI=1S/C19H24O/c1-18(2)11-6-12-19(20,14-18)13-16-9-5-8-15-7-3-4-10-17(15)16/h3-5,7-10,20H,6,11-14H2,1-2H3. The Labute approximate surface area is 121 Å². The molecule has 0 saturated heterocycles. The first-order chi connectivity index (χ1) is 9.48. The van der Waals surface area contributed by atoms with Crippen molar-refractivity contribution in [3.8, 4) is 0 Å². The Morgan fingerprint density at radius 3 is 2.55 bits per heavy atom. The van der Waals surface area contributed by atoms with E-state index in [-0.39, 0.29) is 5.41 Å². The topological polar surface area (TPSA) is 20.2 Å². The van der Waals surface area contributed by atoms with Gasteiger partial charge in [0.05, 0.1) is 5.60 Å². The maximum absolute atomic E-state index is 11.0. The summed E-state index contributed by atoms with van der Waals surface area (Å²) in [7, 11) is 0. The molecule has 1 nitrogen and oxygen atoms in total. The van der Waals surface area contributed by atoms with E-state index < -0.39 is 5.60 Å². The molecule has 0 bridgehead atoms. The first kappa shape index (κ1) is 13.6.